The summed E-state index contributed by atoms with van der Waals surface area (Å²) in [4.78, 5) is 23.8. The van der Waals surface area contributed by atoms with Crippen LogP contribution in [0.1, 0.15) is 62.7 Å². The molecule has 146 valence electrons. The quantitative estimate of drug-likeness (QED) is 0.717. The summed E-state index contributed by atoms with van der Waals surface area (Å²) < 4.78 is 0. The van der Waals surface area contributed by atoms with E-state index in [-0.39, 0.29) is 11.9 Å². The summed E-state index contributed by atoms with van der Waals surface area (Å²) in [6.07, 6.45) is 8.43. The summed E-state index contributed by atoms with van der Waals surface area (Å²) in [5.41, 5.74) is 6.85. The molecule has 4 saturated carbocycles. The monoisotopic (exact) mass is 370 g/mol. The Morgan fingerprint density at radius 1 is 1.04 bits per heavy atom. The zero-order valence-corrected chi connectivity index (χ0v) is 16.4. The fourth-order valence-electron chi connectivity index (χ4n) is 6.43. The van der Waals surface area contributed by atoms with Crippen molar-refractivity contribution in [3.05, 3.63) is 29.8 Å². The second kappa shape index (κ2) is 6.93. The molecule has 1 aromatic rings. The number of nitrogens with one attached hydrogen (secondary N) is 1. The van der Waals surface area contributed by atoms with Crippen molar-refractivity contribution in [3.63, 3.8) is 0 Å². The Kier molecular flexibility index (Phi) is 4.75. The van der Waals surface area contributed by atoms with Crippen LogP contribution in [0.15, 0.2) is 24.3 Å². The highest BCUT2D eigenvalue weighted by atomic mass is 16.2. The normalized spacial score (nSPS) is 33.5. The number of amides is 2. The van der Waals surface area contributed by atoms with E-state index in [4.69, 9.17) is 5.73 Å². The number of carbonyl (C=O) groups excluding carboxylic acids is 2. The summed E-state index contributed by atoms with van der Waals surface area (Å²) in [5.74, 6) is 2.34. The van der Waals surface area contributed by atoms with Crippen LogP contribution in [-0.4, -0.2) is 23.9 Å². The van der Waals surface area contributed by atoms with Crippen molar-refractivity contribution in [3.8, 4) is 0 Å². The minimum absolute atomic E-state index is 0.0124. The van der Waals surface area contributed by atoms with Gasteiger partial charge < -0.3 is 16.4 Å². The van der Waals surface area contributed by atoms with Gasteiger partial charge in [0, 0.05) is 16.7 Å². The van der Waals surface area contributed by atoms with Crippen LogP contribution in [0.3, 0.4) is 0 Å². The Morgan fingerprint density at radius 3 is 2.04 bits per heavy atom. The molecule has 5 rings (SSSR count). The first-order valence-electron chi connectivity index (χ1n) is 10.4. The summed E-state index contributed by atoms with van der Waals surface area (Å²) >= 11 is 0. The molecule has 0 heterocycles. The lowest BCUT2D eigenvalue weighted by Gasteiger charge is -2.58. The maximum atomic E-state index is 12.7. The van der Waals surface area contributed by atoms with Crippen LogP contribution in [-0.2, 0) is 4.79 Å². The predicted molar refractivity (Wildman–Crippen MR) is 105 cm³/mol. The minimum Gasteiger partial charge on any atom is -0.366 e. The fourth-order valence-corrected chi connectivity index (χ4v) is 6.43. The molecule has 0 aliphatic heterocycles. The highest BCUT2D eigenvalue weighted by molar-refractivity contribution is 5.95. The van der Waals surface area contributed by atoms with E-state index in [2.05, 4.69) is 17.6 Å². The van der Waals surface area contributed by atoms with Crippen molar-refractivity contribution in [2.45, 2.75) is 64.5 Å². The number of benzene rings is 1. The van der Waals surface area contributed by atoms with Gasteiger partial charge in [-0.25, -0.2) is 0 Å². The Morgan fingerprint density at radius 2 is 1.56 bits per heavy atom. The summed E-state index contributed by atoms with van der Waals surface area (Å²) in [6, 6.07) is 7.09. The first-order valence-corrected chi connectivity index (χ1v) is 10.4. The molecule has 4 aliphatic rings. The van der Waals surface area contributed by atoms with Crippen LogP contribution in [0.2, 0.25) is 0 Å². The maximum absolute atomic E-state index is 12.7. The van der Waals surface area contributed by atoms with Crippen molar-refractivity contribution in [2.24, 2.45) is 28.9 Å². The number of primary amides is 1. The number of nitrogens with two attached hydrogens (primary N) is 2. The molecule has 0 saturated heterocycles. The molecule has 0 radical (unpaired) electrons. The van der Waals surface area contributed by atoms with Crippen LogP contribution in [0.25, 0.3) is 0 Å². The number of quaternary nitrogens is 1. The molecule has 5 nitrogen and oxygen atoms in total. The molecule has 2 atom stereocenters. The summed E-state index contributed by atoms with van der Waals surface area (Å²) in [7, 11) is 0. The Balaban J connectivity index is 1.36. The van der Waals surface area contributed by atoms with Crippen molar-refractivity contribution >= 4 is 17.5 Å². The Hall–Kier alpha value is -1.88. The lowest BCUT2D eigenvalue weighted by atomic mass is 9.48. The van der Waals surface area contributed by atoms with E-state index in [1.54, 1.807) is 24.3 Å². The van der Waals surface area contributed by atoms with Crippen molar-refractivity contribution in [2.75, 3.05) is 5.32 Å². The van der Waals surface area contributed by atoms with E-state index in [1.165, 1.54) is 38.5 Å². The average Bonchev–Trinajstić information content (AvgIpc) is 2.60. The van der Waals surface area contributed by atoms with Crippen LogP contribution < -0.4 is 16.4 Å². The molecule has 4 fully saturated rings. The van der Waals surface area contributed by atoms with Gasteiger partial charge in [-0.3, -0.25) is 9.59 Å². The number of hydrogen-bond donors (Lipinski definition) is 3. The van der Waals surface area contributed by atoms with Crippen molar-refractivity contribution < 1.29 is 14.9 Å². The lowest BCUT2D eigenvalue weighted by Crippen LogP contribution is -2.98. The van der Waals surface area contributed by atoms with Gasteiger partial charge in [-0.2, -0.15) is 0 Å². The molecular formula is C22H32N3O2+. The number of anilines is 1. The summed E-state index contributed by atoms with van der Waals surface area (Å²) in [6.45, 7) is 4.32. The molecule has 4 aliphatic carbocycles. The highest BCUT2D eigenvalue weighted by Gasteiger charge is 2.54. The van der Waals surface area contributed by atoms with Crippen LogP contribution in [0, 0.1) is 23.2 Å². The molecule has 2 amide bonds. The van der Waals surface area contributed by atoms with Gasteiger partial charge in [-0.05, 0) is 94.4 Å². The predicted octanol–water partition coefficient (Wildman–Crippen LogP) is 2.28. The zero-order valence-electron chi connectivity index (χ0n) is 16.4. The second-order valence-corrected chi connectivity index (χ2v) is 9.48. The Bertz CT molecular complexity index is 692. The number of rotatable bonds is 6. The highest BCUT2D eigenvalue weighted by Crippen LogP contribution is 2.60. The third-order valence-corrected chi connectivity index (χ3v) is 7.48. The molecule has 5 heteroatoms. The topological polar surface area (TPSA) is 88.8 Å². The van der Waals surface area contributed by atoms with Crippen molar-refractivity contribution in [1.29, 1.82) is 0 Å². The zero-order chi connectivity index (χ0) is 19.2. The molecular weight excluding hydrogens is 338 g/mol. The van der Waals surface area contributed by atoms with E-state index < -0.39 is 5.91 Å². The van der Waals surface area contributed by atoms with E-state index in [1.807, 2.05) is 6.92 Å². The second-order valence-electron chi connectivity index (χ2n) is 9.48. The van der Waals surface area contributed by atoms with E-state index in [9.17, 15) is 9.59 Å². The van der Waals surface area contributed by atoms with Crippen LogP contribution in [0.5, 0.6) is 0 Å². The molecule has 0 unspecified atom stereocenters. The third-order valence-electron chi connectivity index (χ3n) is 7.48. The maximum Gasteiger partial charge on any atom is 0.282 e. The molecule has 0 aromatic heterocycles. The average molecular weight is 371 g/mol. The first kappa shape index (κ1) is 18.5. The molecule has 4 bridgehead atoms. The van der Waals surface area contributed by atoms with Gasteiger partial charge in [-0.1, -0.05) is 0 Å². The van der Waals surface area contributed by atoms with Gasteiger partial charge in [-0.15, -0.1) is 0 Å². The van der Waals surface area contributed by atoms with Gasteiger partial charge in [0.25, 0.3) is 5.91 Å². The van der Waals surface area contributed by atoms with Gasteiger partial charge >= 0.3 is 0 Å². The third kappa shape index (κ3) is 3.62. The van der Waals surface area contributed by atoms with Gasteiger partial charge in [0.05, 0.1) is 6.04 Å². The van der Waals surface area contributed by atoms with Gasteiger partial charge in [0.15, 0.2) is 6.04 Å². The number of hydrogen-bond acceptors (Lipinski definition) is 2. The van der Waals surface area contributed by atoms with Crippen LogP contribution >= 0.6 is 0 Å². The molecule has 1 aromatic carbocycles. The fraction of sp³-hybridized carbons (Fsp3) is 0.636. The van der Waals surface area contributed by atoms with E-state index in [0.29, 0.717) is 22.7 Å². The van der Waals surface area contributed by atoms with Gasteiger partial charge in [0.1, 0.15) is 0 Å². The van der Waals surface area contributed by atoms with E-state index in [0.717, 1.165) is 17.8 Å². The first-order chi connectivity index (χ1) is 12.8. The SMILES string of the molecule is C[C@H]([NH2+][C@H](C)C(=O)Nc1ccc(C(N)=O)cc1)C12CC3CC(CC(C3)C1)C2. The van der Waals surface area contributed by atoms with Crippen LogP contribution in [0.4, 0.5) is 5.69 Å². The van der Waals surface area contributed by atoms with Gasteiger partial charge in [0.2, 0.25) is 5.91 Å². The van der Waals surface area contributed by atoms with E-state index >= 15 is 0 Å². The number of carbonyl (C=O) groups is 2. The standard InChI is InChI=1S/C22H31N3O2/c1-13(21(27)25-19-5-3-18(4-6-19)20(23)26)24-14(2)22-10-15-7-16(11-22)9-17(8-15)12-22/h3-6,13-17,24H,7-12H2,1-2H3,(H2,23,26)(H,25,27)/p+1/t13-,14+,15?,16?,17?,22?/m1/s1. The van der Waals surface area contributed by atoms with Crippen molar-refractivity contribution in [1.82, 2.24) is 0 Å². The minimum atomic E-state index is -0.459. The Labute approximate surface area is 161 Å². The molecule has 0 spiro atoms. The molecule has 5 N–H and O–H groups in total. The molecule has 27 heavy (non-hydrogen) atoms. The largest absolute Gasteiger partial charge is 0.366 e. The lowest BCUT2D eigenvalue weighted by molar-refractivity contribution is -0.718. The summed E-state index contributed by atoms with van der Waals surface area (Å²) in [5, 5.41) is 5.24. The smallest absolute Gasteiger partial charge is 0.282 e.